The van der Waals surface area contributed by atoms with E-state index in [1.54, 1.807) is 0 Å². The highest BCUT2D eigenvalue weighted by atomic mass is 79.9. The summed E-state index contributed by atoms with van der Waals surface area (Å²) in [5, 5.41) is 0. The van der Waals surface area contributed by atoms with Crippen molar-refractivity contribution in [1.82, 2.24) is 4.72 Å². The maximum absolute atomic E-state index is 13.6. The van der Waals surface area contributed by atoms with Crippen molar-refractivity contribution in [2.45, 2.75) is 47.9 Å². The number of alkyl halides is 1. The SMILES string of the molecule is O=S(=O)(NC1CCCCCC1Br)c1cc(F)ccc1F. The molecule has 0 aromatic heterocycles. The molecular formula is C13H16BrF2NO2S. The van der Waals surface area contributed by atoms with E-state index in [0.29, 0.717) is 12.5 Å². The van der Waals surface area contributed by atoms with Crippen LogP contribution in [0.4, 0.5) is 8.78 Å². The molecule has 0 amide bonds. The van der Waals surface area contributed by atoms with Crippen molar-refractivity contribution in [2.24, 2.45) is 0 Å². The van der Waals surface area contributed by atoms with E-state index in [4.69, 9.17) is 0 Å². The van der Waals surface area contributed by atoms with E-state index in [2.05, 4.69) is 20.7 Å². The van der Waals surface area contributed by atoms with Gasteiger partial charge < -0.3 is 0 Å². The number of hydrogen-bond donors (Lipinski definition) is 1. The first-order valence-electron chi connectivity index (χ1n) is 6.51. The van der Waals surface area contributed by atoms with Gasteiger partial charge in [0, 0.05) is 10.9 Å². The fourth-order valence-corrected chi connectivity index (χ4v) is 4.64. The third-order valence-corrected chi connectivity index (χ3v) is 6.02. The van der Waals surface area contributed by atoms with Crippen LogP contribution in [0.25, 0.3) is 0 Å². The van der Waals surface area contributed by atoms with Crippen molar-refractivity contribution in [1.29, 1.82) is 0 Å². The van der Waals surface area contributed by atoms with Crippen molar-refractivity contribution < 1.29 is 17.2 Å². The fourth-order valence-electron chi connectivity index (χ4n) is 2.34. The smallest absolute Gasteiger partial charge is 0.207 e. The average molecular weight is 368 g/mol. The summed E-state index contributed by atoms with van der Waals surface area (Å²) in [7, 11) is -4.06. The Hall–Kier alpha value is -0.530. The van der Waals surface area contributed by atoms with Gasteiger partial charge in [-0.1, -0.05) is 35.2 Å². The van der Waals surface area contributed by atoms with Gasteiger partial charge in [0.15, 0.2) is 0 Å². The Labute approximate surface area is 125 Å². The van der Waals surface area contributed by atoms with Gasteiger partial charge in [-0.05, 0) is 31.0 Å². The van der Waals surface area contributed by atoms with E-state index in [-0.39, 0.29) is 10.9 Å². The predicted octanol–water partition coefficient (Wildman–Crippen LogP) is 3.34. The Morgan fingerprint density at radius 1 is 1.15 bits per heavy atom. The highest BCUT2D eigenvalue weighted by Gasteiger charge is 2.28. The minimum Gasteiger partial charge on any atom is -0.207 e. The highest BCUT2D eigenvalue weighted by molar-refractivity contribution is 9.09. The van der Waals surface area contributed by atoms with Crippen LogP contribution in [0.5, 0.6) is 0 Å². The first-order valence-corrected chi connectivity index (χ1v) is 8.91. The van der Waals surface area contributed by atoms with Gasteiger partial charge in [0.05, 0.1) is 0 Å². The third-order valence-electron chi connectivity index (χ3n) is 3.42. The summed E-state index contributed by atoms with van der Waals surface area (Å²) in [6.45, 7) is 0. The zero-order chi connectivity index (χ0) is 14.8. The lowest BCUT2D eigenvalue weighted by Crippen LogP contribution is -2.40. The molecular weight excluding hydrogens is 352 g/mol. The zero-order valence-electron chi connectivity index (χ0n) is 10.8. The molecule has 112 valence electrons. The second kappa shape index (κ2) is 6.49. The van der Waals surface area contributed by atoms with Gasteiger partial charge in [-0.15, -0.1) is 0 Å². The Kier molecular flexibility index (Phi) is 5.14. The van der Waals surface area contributed by atoms with Crippen LogP contribution < -0.4 is 4.72 Å². The summed E-state index contributed by atoms with van der Waals surface area (Å²) in [5.74, 6) is -1.72. The standard InChI is InChI=1S/C13H16BrF2NO2S/c14-10-4-2-1-3-5-12(10)17-20(18,19)13-8-9(15)6-7-11(13)16/h6-8,10,12,17H,1-5H2. The molecule has 2 unspecified atom stereocenters. The normalized spacial score (nSPS) is 24.4. The molecule has 3 nitrogen and oxygen atoms in total. The topological polar surface area (TPSA) is 46.2 Å². The van der Waals surface area contributed by atoms with Crippen LogP contribution in [-0.4, -0.2) is 19.3 Å². The molecule has 20 heavy (non-hydrogen) atoms. The van der Waals surface area contributed by atoms with Crippen molar-refractivity contribution in [3.8, 4) is 0 Å². The lowest BCUT2D eigenvalue weighted by atomic mass is 10.1. The van der Waals surface area contributed by atoms with Crippen LogP contribution in [0.3, 0.4) is 0 Å². The second-order valence-corrected chi connectivity index (χ2v) is 7.82. The lowest BCUT2D eigenvalue weighted by Gasteiger charge is -2.21. The lowest BCUT2D eigenvalue weighted by molar-refractivity contribution is 0.509. The summed E-state index contributed by atoms with van der Waals surface area (Å²) in [5.41, 5.74) is 0. The van der Waals surface area contributed by atoms with Crippen molar-refractivity contribution in [3.63, 3.8) is 0 Å². The molecule has 0 radical (unpaired) electrons. The molecule has 2 atom stereocenters. The average Bonchev–Trinajstić information content (AvgIpc) is 2.57. The van der Waals surface area contributed by atoms with Crippen LogP contribution >= 0.6 is 15.9 Å². The summed E-state index contributed by atoms with van der Waals surface area (Å²) in [6.07, 6.45) is 4.54. The molecule has 1 saturated carbocycles. The van der Waals surface area contributed by atoms with Crippen LogP contribution in [-0.2, 0) is 10.0 Å². The molecule has 2 rings (SSSR count). The van der Waals surface area contributed by atoms with Crippen LogP contribution in [0.15, 0.2) is 23.1 Å². The predicted molar refractivity (Wildman–Crippen MR) is 76.3 cm³/mol. The molecule has 0 heterocycles. The number of rotatable bonds is 3. The Bertz CT molecular complexity index is 580. The van der Waals surface area contributed by atoms with Crippen molar-refractivity contribution in [2.75, 3.05) is 0 Å². The Morgan fingerprint density at radius 3 is 2.60 bits per heavy atom. The third kappa shape index (κ3) is 3.77. The van der Waals surface area contributed by atoms with Crippen molar-refractivity contribution >= 4 is 26.0 Å². The van der Waals surface area contributed by atoms with Gasteiger partial charge in [-0.2, -0.15) is 0 Å². The second-order valence-electron chi connectivity index (χ2n) is 4.96. The van der Waals surface area contributed by atoms with E-state index >= 15 is 0 Å². The van der Waals surface area contributed by atoms with Gasteiger partial charge >= 0.3 is 0 Å². The number of nitrogens with one attached hydrogen (secondary N) is 1. The first kappa shape index (κ1) is 15.9. The summed E-state index contributed by atoms with van der Waals surface area (Å²) in [4.78, 5) is -0.627. The Balaban J connectivity index is 2.24. The minimum absolute atomic E-state index is 0.0106. The molecule has 1 N–H and O–H groups in total. The van der Waals surface area contributed by atoms with E-state index in [0.717, 1.165) is 37.8 Å². The number of halogens is 3. The van der Waals surface area contributed by atoms with Crippen LogP contribution in [0.2, 0.25) is 0 Å². The number of benzene rings is 1. The minimum atomic E-state index is -4.06. The van der Waals surface area contributed by atoms with Gasteiger partial charge in [-0.3, -0.25) is 0 Å². The van der Waals surface area contributed by atoms with Gasteiger partial charge in [-0.25, -0.2) is 21.9 Å². The molecule has 0 saturated heterocycles. The molecule has 0 aliphatic heterocycles. The summed E-state index contributed by atoms with van der Waals surface area (Å²) < 4.78 is 53.6. The Morgan fingerprint density at radius 2 is 1.85 bits per heavy atom. The van der Waals surface area contributed by atoms with E-state index in [1.807, 2.05) is 0 Å². The van der Waals surface area contributed by atoms with Gasteiger partial charge in [0.1, 0.15) is 16.5 Å². The molecule has 1 aromatic rings. The molecule has 1 fully saturated rings. The summed E-state index contributed by atoms with van der Waals surface area (Å²) >= 11 is 3.47. The molecule has 0 spiro atoms. The van der Waals surface area contributed by atoms with Crippen molar-refractivity contribution in [3.05, 3.63) is 29.8 Å². The first-order chi connectivity index (χ1) is 9.40. The largest absolute Gasteiger partial charge is 0.243 e. The summed E-state index contributed by atoms with van der Waals surface area (Å²) in [6, 6.07) is 2.12. The molecule has 1 aliphatic carbocycles. The van der Waals surface area contributed by atoms with Crippen LogP contribution in [0, 0.1) is 11.6 Å². The van der Waals surface area contributed by atoms with Crippen LogP contribution in [0.1, 0.15) is 32.1 Å². The fraction of sp³-hybridized carbons (Fsp3) is 0.538. The maximum atomic E-state index is 13.6. The number of sulfonamides is 1. The quantitative estimate of drug-likeness (QED) is 0.657. The maximum Gasteiger partial charge on any atom is 0.243 e. The molecule has 1 aromatic carbocycles. The zero-order valence-corrected chi connectivity index (χ0v) is 13.2. The molecule has 0 bridgehead atoms. The van der Waals surface area contributed by atoms with Gasteiger partial charge in [0.2, 0.25) is 10.0 Å². The monoisotopic (exact) mass is 367 g/mol. The highest BCUT2D eigenvalue weighted by Crippen LogP contribution is 2.25. The van der Waals surface area contributed by atoms with E-state index < -0.39 is 26.6 Å². The van der Waals surface area contributed by atoms with E-state index in [9.17, 15) is 17.2 Å². The van der Waals surface area contributed by atoms with Gasteiger partial charge in [0.25, 0.3) is 0 Å². The molecule has 7 heteroatoms. The number of hydrogen-bond acceptors (Lipinski definition) is 2. The molecule has 1 aliphatic rings. The van der Waals surface area contributed by atoms with E-state index in [1.165, 1.54) is 0 Å².